The molecule has 0 bridgehead atoms. The first-order valence-corrected chi connectivity index (χ1v) is 8.50. The number of thiophene rings is 1. The Balaban J connectivity index is 1.71. The molecule has 1 aromatic carbocycles. The lowest BCUT2D eigenvalue weighted by atomic mass is 10.1. The molecular weight excluding hydrogens is 336 g/mol. The van der Waals surface area contributed by atoms with Crippen LogP contribution in [0.1, 0.15) is 32.0 Å². The van der Waals surface area contributed by atoms with Gasteiger partial charge in [-0.15, -0.1) is 11.3 Å². The third-order valence-corrected chi connectivity index (χ3v) is 4.55. The number of esters is 1. The van der Waals surface area contributed by atoms with Gasteiger partial charge in [0.25, 0.3) is 0 Å². The molecule has 126 valence electrons. The standard InChI is InChI=1S/C19H16N2O3S/c1-12-15(7-8-16(21-12)17-6-3-9-25-17)19(23)24-11-13-4-2-5-14(10-13)18(20)22/h2-10H,11H2,1H3,(H2,20,22). The molecule has 2 aromatic heterocycles. The quantitative estimate of drug-likeness (QED) is 0.712. The Labute approximate surface area is 149 Å². The summed E-state index contributed by atoms with van der Waals surface area (Å²) in [6.07, 6.45) is 0. The van der Waals surface area contributed by atoms with Crippen LogP contribution in [0.15, 0.2) is 53.9 Å². The molecule has 0 aliphatic rings. The highest BCUT2D eigenvalue weighted by atomic mass is 32.1. The second-order valence-corrected chi connectivity index (χ2v) is 6.40. The SMILES string of the molecule is Cc1nc(-c2cccs2)ccc1C(=O)OCc1cccc(C(N)=O)c1. The monoisotopic (exact) mass is 352 g/mol. The number of carbonyl (C=O) groups excluding carboxylic acids is 2. The predicted molar refractivity (Wildman–Crippen MR) is 96.4 cm³/mol. The molecule has 3 aromatic rings. The lowest BCUT2D eigenvalue weighted by Crippen LogP contribution is -2.12. The lowest BCUT2D eigenvalue weighted by Gasteiger charge is -2.08. The number of primary amides is 1. The lowest BCUT2D eigenvalue weighted by molar-refractivity contribution is 0.0471. The zero-order valence-electron chi connectivity index (χ0n) is 13.6. The smallest absolute Gasteiger partial charge is 0.340 e. The number of aromatic nitrogens is 1. The molecule has 0 fully saturated rings. The summed E-state index contributed by atoms with van der Waals surface area (Å²) in [5.74, 6) is -0.968. The van der Waals surface area contributed by atoms with Crippen molar-refractivity contribution < 1.29 is 14.3 Å². The molecule has 0 saturated carbocycles. The highest BCUT2D eigenvalue weighted by Crippen LogP contribution is 2.24. The molecule has 3 rings (SSSR count). The minimum Gasteiger partial charge on any atom is -0.457 e. The van der Waals surface area contributed by atoms with Gasteiger partial charge in [0, 0.05) is 5.56 Å². The van der Waals surface area contributed by atoms with Crippen molar-refractivity contribution >= 4 is 23.2 Å². The van der Waals surface area contributed by atoms with E-state index in [1.54, 1.807) is 48.6 Å². The van der Waals surface area contributed by atoms with Crippen molar-refractivity contribution in [2.24, 2.45) is 5.73 Å². The molecule has 0 saturated heterocycles. The molecule has 5 nitrogen and oxygen atoms in total. The van der Waals surface area contributed by atoms with Crippen LogP contribution in [0.25, 0.3) is 10.6 Å². The molecule has 2 heterocycles. The second-order valence-electron chi connectivity index (χ2n) is 5.45. The van der Waals surface area contributed by atoms with Gasteiger partial charge in [-0.3, -0.25) is 9.78 Å². The van der Waals surface area contributed by atoms with E-state index >= 15 is 0 Å². The topological polar surface area (TPSA) is 82.3 Å². The van der Waals surface area contributed by atoms with Crippen LogP contribution in [0.2, 0.25) is 0 Å². The summed E-state index contributed by atoms with van der Waals surface area (Å²) in [4.78, 5) is 29.0. The number of carbonyl (C=O) groups is 2. The summed E-state index contributed by atoms with van der Waals surface area (Å²) in [6, 6.07) is 14.2. The number of benzene rings is 1. The number of pyridine rings is 1. The fourth-order valence-corrected chi connectivity index (χ4v) is 3.07. The number of nitrogens with zero attached hydrogens (tertiary/aromatic N) is 1. The van der Waals surface area contributed by atoms with E-state index < -0.39 is 11.9 Å². The summed E-state index contributed by atoms with van der Waals surface area (Å²) in [7, 11) is 0. The maximum absolute atomic E-state index is 12.3. The number of amides is 1. The van der Waals surface area contributed by atoms with Gasteiger partial charge in [-0.2, -0.15) is 0 Å². The summed E-state index contributed by atoms with van der Waals surface area (Å²) >= 11 is 1.59. The second kappa shape index (κ2) is 7.27. The van der Waals surface area contributed by atoms with Crippen LogP contribution in [0, 0.1) is 6.92 Å². The molecule has 25 heavy (non-hydrogen) atoms. The molecule has 1 amide bonds. The Morgan fingerprint density at radius 2 is 2.00 bits per heavy atom. The predicted octanol–water partition coefficient (Wildman–Crippen LogP) is 3.57. The Hall–Kier alpha value is -2.99. The first-order chi connectivity index (χ1) is 12.0. The first-order valence-electron chi connectivity index (χ1n) is 7.62. The van der Waals surface area contributed by atoms with Crippen LogP contribution in [0.5, 0.6) is 0 Å². The summed E-state index contributed by atoms with van der Waals surface area (Å²) in [5, 5.41) is 1.98. The third-order valence-electron chi connectivity index (χ3n) is 3.66. The van der Waals surface area contributed by atoms with Gasteiger partial charge in [0.2, 0.25) is 5.91 Å². The van der Waals surface area contributed by atoms with Crippen LogP contribution in [-0.2, 0) is 11.3 Å². The highest BCUT2D eigenvalue weighted by Gasteiger charge is 2.13. The Bertz CT molecular complexity index is 920. The Morgan fingerprint density at radius 1 is 1.16 bits per heavy atom. The number of nitrogens with two attached hydrogens (primary N) is 1. The minimum absolute atomic E-state index is 0.0616. The maximum Gasteiger partial charge on any atom is 0.340 e. The van der Waals surface area contributed by atoms with E-state index in [0.717, 1.165) is 10.6 Å². The molecule has 2 N–H and O–H groups in total. The molecule has 6 heteroatoms. The Morgan fingerprint density at radius 3 is 2.68 bits per heavy atom. The number of rotatable bonds is 5. The molecule has 0 aliphatic heterocycles. The summed E-state index contributed by atoms with van der Waals surface area (Å²) in [5.41, 5.74) is 8.20. The summed E-state index contributed by atoms with van der Waals surface area (Å²) in [6.45, 7) is 1.84. The van der Waals surface area contributed by atoms with Crippen LogP contribution < -0.4 is 5.73 Å². The van der Waals surface area contributed by atoms with E-state index in [2.05, 4.69) is 4.98 Å². The zero-order valence-corrected chi connectivity index (χ0v) is 14.4. The molecular formula is C19H16N2O3S. The van der Waals surface area contributed by atoms with Crippen molar-refractivity contribution in [2.45, 2.75) is 13.5 Å². The highest BCUT2D eigenvalue weighted by molar-refractivity contribution is 7.13. The first kappa shape index (κ1) is 16.9. The zero-order chi connectivity index (χ0) is 17.8. The van der Waals surface area contributed by atoms with Crippen molar-refractivity contribution in [1.82, 2.24) is 4.98 Å². The summed E-state index contributed by atoms with van der Waals surface area (Å²) < 4.78 is 5.33. The van der Waals surface area contributed by atoms with Gasteiger partial charge in [-0.05, 0) is 48.2 Å². The van der Waals surface area contributed by atoms with E-state index in [1.165, 1.54) is 0 Å². The molecule has 0 radical (unpaired) electrons. The fourth-order valence-electron chi connectivity index (χ4n) is 2.38. The fraction of sp³-hybridized carbons (Fsp3) is 0.105. The Kier molecular flexibility index (Phi) is 4.90. The number of ether oxygens (including phenoxy) is 1. The third kappa shape index (κ3) is 3.92. The van der Waals surface area contributed by atoms with Crippen LogP contribution in [-0.4, -0.2) is 16.9 Å². The van der Waals surface area contributed by atoms with Crippen molar-refractivity contribution in [1.29, 1.82) is 0 Å². The normalized spacial score (nSPS) is 10.4. The van der Waals surface area contributed by atoms with E-state index in [9.17, 15) is 9.59 Å². The van der Waals surface area contributed by atoms with Crippen molar-refractivity contribution in [3.63, 3.8) is 0 Å². The molecule has 0 spiro atoms. The van der Waals surface area contributed by atoms with E-state index in [0.29, 0.717) is 22.4 Å². The van der Waals surface area contributed by atoms with Crippen LogP contribution in [0.4, 0.5) is 0 Å². The van der Waals surface area contributed by atoms with Crippen molar-refractivity contribution in [3.8, 4) is 10.6 Å². The average molecular weight is 352 g/mol. The van der Waals surface area contributed by atoms with Gasteiger partial charge in [-0.1, -0.05) is 18.2 Å². The van der Waals surface area contributed by atoms with Gasteiger partial charge in [0.15, 0.2) is 0 Å². The van der Waals surface area contributed by atoms with E-state index in [4.69, 9.17) is 10.5 Å². The average Bonchev–Trinajstić information content (AvgIpc) is 3.14. The van der Waals surface area contributed by atoms with E-state index in [1.807, 2.05) is 23.6 Å². The van der Waals surface area contributed by atoms with Gasteiger partial charge < -0.3 is 10.5 Å². The van der Waals surface area contributed by atoms with Crippen molar-refractivity contribution in [3.05, 3.63) is 76.3 Å². The van der Waals surface area contributed by atoms with Gasteiger partial charge in [0.1, 0.15) is 6.61 Å². The number of hydrogen-bond donors (Lipinski definition) is 1. The maximum atomic E-state index is 12.3. The van der Waals surface area contributed by atoms with Crippen LogP contribution >= 0.6 is 11.3 Å². The number of aryl methyl sites for hydroxylation is 1. The molecule has 0 aliphatic carbocycles. The van der Waals surface area contributed by atoms with Gasteiger partial charge in [-0.25, -0.2) is 4.79 Å². The largest absolute Gasteiger partial charge is 0.457 e. The molecule has 0 atom stereocenters. The van der Waals surface area contributed by atoms with Crippen LogP contribution in [0.3, 0.4) is 0 Å². The molecule has 0 unspecified atom stereocenters. The van der Waals surface area contributed by atoms with E-state index in [-0.39, 0.29) is 6.61 Å². The van der Waals surface area contributed by atoms with Gasteiger partial charge in [0.05, 0.1) is 21.8 Å². The minimum atomic E-state index is -0.516. The number of hydrogen-bond acceptors (Lipinski definition) is 5. The van der Waals surface area contributed by atoms with Crippen molar-refractivity contribution in [2.75, 3.05) is 0 Å². The van der Waals surface area contributed by atoms with Gasteiger partial charge >= 0.3 is 5.97 Å².